The Morgan fingerprint density at radius 2 is 0.859 bits per heavy atom. The summed E-state index contributed by atoms with van der Waals surface area (Å²) in [5.74, 6) is -0.192. The molecule has 6 N–H and O–H groups in total. The molecule has 1 saturated heterocycles. The highest BCUT2D eigenvalue weighted by Crippen LogP contribution is 2.23. The molecule has 416 valence electrons. The van der Waals surface area contributed by atoms with Crippen molar-refractivity contribution >= 4 is 5.91 Å². The van der Waals surface area contributed by atoms with E-state index in [0.29, 0.717) is 6.42 Å². The molecule has 0 saturated carbocycles. The lowest BCUT2D eigenvalue weighted by molar-refractivity contribution is -0.302. The predicted molar refractivity (Wildman–Crippen MR) is 299 cm³/mol. The van der Waals surface area contributed by atoms with Crippen molar-refractivity contribution in [2.24, 2.45) is 0 Å². The first-order valence-corrected chi connectivity index (χ1v) is 30.3. The van der Waals surface area contributed by atoms with Crippen LogP contribution in [0.5, 0.6) is 0 Å². The number of carbonyl (C=O) groups is 1. The highest BCUT2D eigenvalue weighted by atomic mass is 16.7. The molecule has 9 heteroatoms. The number of aliphatic hydroxyl groups excluding tert-OH is 5. The predicted octanol–water partition coefficient (Wildman–Crippen LogP) is 15.3. The first-order valence-electron chi connectivity index (χ1n) is 30.3. The van der Waals surface area contributed by atoms with Crippen molar-refractivity contribution in [1.82, 2.24) is 5.32 Å². The summed E-state index contributed by atoms with van der Waals surface area (Å²) in [4.78, 5) is 13.0. The van der Waals surface area contributed by atoms with Gasteiger partial charge in [0.15, 0.2) is 6.29 Å². The van der Waals surface area contributed by atoms with Crippen molar-refractivity contribution in [2.45, 2.75) is 326 Å². The molecule has 0 spiro atoms. The zero-order valence-corrected chi connectivity index (χ0v) is 46.2. The maximum Gasteiger partial charge on any atom is 0.220 e. The van der Waals surface area contributed by atoms with Crippen LogP contribution < -0.4 is 5.32 Å². The Hall–Kier alpha value is -1.85. The third kappa shape index (κ3) is 41.1. The number of carbonyl (C=O) groups excluding carboxylic acids is 1. The Kier molecular flexibility index (Phi) is 48.8. The van der Waals surface area contributed by atoms with Crippen LogP contribution in [0.3, 0.4) is 0 Å². The number of ether oxygens (including phenoxy) is 2. The molecule has 7 unspecified atom stereocenters. The molecular weight excluding hydrogens is 887 g/mol. The van der Waals surface area contributed by atoms with Crippen molar-refractivity contribution in [3.8, 4) is 0 Å². The van der Waals surface area contributed by atoms with Crippen molar-refractivity contribution in [2.75, 3.05) is 13.2 Å². The molecule has 7 atom stereocenters. The van der Waals surface area contributed by atoms with E-state index < -0.39 is 49.5 Å². The average molecular weight is 1000 g/mol. The molecule has 1 aliphatic heterocycles. The summed E-state index contributed by atoms with van der Waals surface area (Å²) in [6.07, 6.45) is 62.7. The Balaban J connectivity index is 1.99. The van der Waals surface area contributed by atoms with Gasteiger partial charge in [-0.05, 0) is 64.7 Å². The lowest BCUT2D eigenvalue weighted by Gasteiger charge is -2.40. The molecule has 1 fully saturated rings. The molecule has 0 aromatic heterocycles. The minimum atomic E-state index is -1.57. The van der Waals surface area contributed by atoms with E-state index in [9.17, 15) is 30.3 Å². The SMILES string of the molecule is C/C=C/CC/C=C/CC/C=C/C(O)C(COC1OC(CO)C(O)C(O)C1O)NC(=O)CCCCCCCCCCCCCCCCCCC/C=C\CCCCCCCCCCCCCCCCCCCC. The quantitative estimate of drug-likeness (QED) is 0.0261. The van der Waals surface area contributed by atoms with Crippen LogP contribution in [-0.2, 0) is 14.3 Å². The van der Waals surface area contributed by atoms with E-state index in [2.05, 4.69) is 42.6 Å². The van der Waals surface area contributed by atoms with E-state index >= 15 is 0 Å². The summed E-state index contributed by atoms with van der Waals surface area (Å²) >= 11 is 0. The Morgan fingerprint density at radius 3 is 1.27 bits per heavy atom. The van der Waals surface area contributed by atoms with Gasteiger partial charge in [0.25, 0.3) is 0 Å². The van der Waals surface area contributed by atoms with E-state index in [1.54, 1.807) is 6.08 Å². The Bertz CT molecular complexity index is 1250. The summed E-state index contributed by atoms with van der Waals surface area (Å²) in [5, 5.41) is 54.1. The van der Waals surface area contributed by atoms with Gasteiger partial charge in [-0.3, -0.25) is 4.79 Å². The molecule has 1 heterocycles. The molecular formula is C62H115NO8. The highest BCUT2D eigenvalue weighted by molar-refractivity contribution is 5.76. The topological polar surface area (TPSA) is 149 Å². The number of allylic oxidation sites excluding steroid dienone is 7. The van der Waals surface area contributed by atoms with Gasteiger partial charge in [0.05, 0.1) is 25.4 Å². The molecule has 1 amide bonds. The van der Waals surface area contributed by atoms with Crippen LogP contribution in [0, 0.1) is 0 Å². The molecule has 0 bridgehead atoms. The lowest BCUT2D eigenvalue weighted by atomic mass is 9.99. The fourth-order valence-corrected chi connectivity index (χ4v) is 9.66. The molecule has 0 aromatic carbocycles. The standard InChI is InChI=1S/C62H115NO8/c1-3-5-7-9-11-13-14-15-16-17-18-19-20-21-22-23-24-25-26-27-28-29-30-31-32-33-34-35-36-37-38-39-40-41-42-44-46-48-50-52-58(66)63-55(56(65)51-49-47-45-43-12-10-8-6-4-2)54-70-62-61(69)60(68)59(67)57(53-64)71-62/h4,6,12,27-28,43,49,51,55-57,59-62,64-65,67-69H,3,5,7-11,13-26,29-42,44-48,50,52-54H2,1-2H3,(H,63,66)/b6-4+,28-27-,43-12+,51-49+. The number of unbranched alkanes of at least 4 members (excludes halogenated alkanes) is 37. The van der Waals surface area contributed by atoms with Crippen LogP contribution in [0.4, 0.5) is 0 Å². The van der Waals surface area contributed by atoms with Crippen LogP contribution in [0.1, 0.15) is 284 Å². The second-order valence-corrected chi connectivity index (χ2v) is 21.1. The van der Waals surface area contributed by atoms with E-state index in [4.69, 9.17) is 9.47 Å². The van der Waals surface area contributed by atoms with E-state index in [1.165, 1.54) is 218 Å². The average Bonchev–Trinajstić information content (AvgIpc) is 3.37. The number of rotatable bonds is 52. The number of hydrogen-bond acceptors (Lipinski definition) is 8. The van der Waals surface area contributed by atoms with Gasteiger partial charge in [-0.2, -0.15) is 0 Å². The highest BCUT2D eigenvalue weighted by Gasteiger charge is 2.44. The Labute approximate surface area is 437 Å². The van der Waals surface area contributed by atoms with Crippen molar-refractivity contribution < 1.29 is 39.8 Å². The summed E-state index contributed by atoms with van der Waals surface area (Å²) in [6, 6.07) is -0.826. The van der Waals surface area contributed by atoms with Gasteiger partial charge in [-0.15, -0.1) is 0 Å². The van der Waals surface area contributed by atoms with Crippen molar-refractivity contribution in [3.05, 3.63) is 48.6 Å². The zero-order chi connectivity index (χ0) is 51.5. The van der Waals surface area contributed by atoms with Crippen LogP contribution >= 0.6 is 0 Å². The Morgan fingerprint density at radius 1 is 0.493 bits per heavy atom. The van der Waals surface area contributed by atoms with E-state index in [-0.39, 0.29) is 12.5 Å². The smallest absolute Gasteiger partial charge is 0.220 e. The molecule has 9 nitrogen and oxygen atoms in total. The number of aliphatic hydroxyl groups is 5. The van der Waals surface area contributed by atoms with Gasteiger partial charge in [0.1, 0.15) is 24.4 Å². The normalized spacial score (nSPS) is 19.6. The van der Waals surface area contributed by atoms with Gasteiger partial charge < -0.3 is 40.3 Å². The molecule has 0 aliphatic carbocycles. The maximum atomic E-state index is 13.0. The fraction of sp³-hybridized carbons (Fsp3) is 0.855. The first kappa shape index (κ1) is 67.2. The van der Waals surface area contributed by atoms with E-state index in [1.807, 2.05) is 19.1 Å². The monoisotopic (exact) mass is 1000 g/mol. The largest absolute Gasteiger partial charge is 0.394 e. The van der Waals surface area contributed by atoms with Gasteiger partial charge in [-0.1, -0.05) is 261 Å². The minimum absolute atomic E-state index is 0.192. The second-order valence-electron chi connectivity index (χ2n) is 21.1. The summed E-state index contributed by atoms with van der Waals surface area (Å²) in [7, 11) is 0. The minimum Gasteiger partial charge on any atom is -0.394 e. The van der Waals surface area contributed by atoms with Crippen LogP contribution in [0.25, 0.3) is 0 Å². The third-order valence-corrected chi connectivity index (χ3v) is 14.4. The van der Waals surface area contributed by atoms with E-state index in [0.717, 1.165) is 44.9 Å². The number of hydrogen-bond donors (Lipinski definition) is 6. The molecule has 1 rings (SSSR count). The van der Waals surface area contributed by atoms with Gasteiger partial charge in [-0.25, -0.2) is 0 Å². The lowest BCUT2D eigenvalue weighted by Crippen LogP contribution is -2.60. The van der Waals surface area contributed by atoms with Gasteiger partial charge >= 0.3 is 0 Å². The van der Waals surface area contributed by atoms with Crippen LogP contribution in [-0.4, -0.2) is 87.5 Å². The summed E-state index contributed by atoms with van der Waals surface area (Å²) < 4.78 is 11.2. The molecule has 0 radical (unpaired) electrons. The third-order valence-electron chi connectivity index (χ3n) is 14.4. The van der Waals surface area contributed by atoms with Gasteiger partial charge in [0, 0.05) is 6.42 Å². The fourth-order valence-electron chi connectivity index (χ4n) is 9.66. The van der Waals surface area contributed by atoms with Gasteiger partial charge in [0.2, 0.25) is 5.91 Å². The van der Waals surface area contributed by atoms with Crippen molar-refractivity contribution in [3.63, 3.8) is 0 Å². The zero-order valence-electron chi connectivity index (χ0n) is 46.2. The molecule has 71 heavy (non-hydrogen) atoms. The maximum absolute atomic E-state index is 13.0. The summed E-state index contributed by atoms with van der Waals surface area (Å²) in [5.41, 5.74) is 0. The van der Waals surface area contributed by atoms with Crippen molar-refractivity contribution in [1.29, 1.82) is 0 Å². The molecule has 0 aromatic rings. The number of nitrogens with one attached hydrogen (secondary N) is 1. The second kappa shape index (κ2) is 51.6. The number of amides is 1. The molecule has 1 aliphatic rings. The van der Waals surface area contributed by atoms with Crippen LogP contribution in [0.15, 0.2) is 48.6 Å². The first-order chi connectivity index (χ1) is 34.8. The summed E-state index contributed by atoms with van der Waals surface area (Å²) in [6.45, 7) is 3.53. The van der Waals surface area contributed by atoms with Crippen LogP contribution in [0.2, 0.25) is 0 Å².